The fourth-order valence-corrected chi connectivity index (χ4v) is 4.86. The van der Waals surface area contributed by atoms with Crippen LogP contribution in [0.4, 0.5) is 11.4 Å². The second kappa shape index (κ2) is 12.3. The van der Waals surface area contributed by atoms with E-state index in [2.05, 4.69) is 11.4 Å². The zero-order chi connectivity index (χ0) is 28.8. The number of carbonyl (C=O) groups excluding carboxylic acids is 1. The molecule has 202 valence electrons. The quantitative estimate of drug-likeness (QED) is 0.140. The molecular formula is C30H26N4O5S. The molecule has 0 unspecified atom stereocenters. The van der Waals surface area contributed by atoms with Crippen molar-refractivity contribution in [2.24, 2.45) is 0 Å². The summed E-state index contributed by atoms with van der Waals surface area (Å²) in [5, 5.41) is 24.5. The highest BCUT2D eigenvalue weighted by molar-refractivity contribution is 8.00. The normalized spacial score (nSPS) is 10.5. The van der Waals surface area contributed by atoms with Crippen LogP contribution in [-0.4, -0.2) is 35.8 Å². The first kappa shape index (κ1) is 28.1. The number of nitrogens with zero attached hydrogens (tertiary/aromatic N) is 3. The van der Waals surface area contributed by atoms with Crippen molar-refractivity contribution in [1.82, 2.24) is 4.98 Å². The topological polar surface area (TPSA) is 127 Å². The van der Waals surface area contributed by atoms with E-state index in [-0.39, 0.29) is 17.3 Å². The third-order valence-electron chi connectivity index (χ3n) is 6.17. The number of aromatic nitrogens is 1. The molecule has 9 nitrogen and oxygen atoms in total. The lowest BCUT2D eigenvalue weighted by Gasteiger charge is -2.14. The van der Waals surface area contributed by atoms with Crippen LogP contribution < -0.4 is 14.8 Å². The molecule has 0 bridgehead atoms. The molecule has 3 aromatic carbocycles. The molecule has 1 heterocycles. The lowest BCUT2D eigenvalue weighted by Crippen LogP contribution is -2.14. The number of pyridine rings is 1. The lowest BCUT2D eigenvalue weighted by atomic mass is 9.98. The van der Waals surface area contributed by atoms with Crippen molar-refractivity contribution in [2.45, 2.75) is 18.9 Å². The fourth-order valence-electron chi connectivity index (χ4n) is 4.05. The lowest BCUT2D eigenvalue weighted by molar-refractivity contribution is -0.385. The van der Waals surface area contributed by atoms with Crippen molar-refractivity contribution in [3.05, 3.63) is 93.5 Å². The summed E-state index contributed by atoms with van der Waals surface area (Å²) in [7, 11) is 3.09. The molecule has 0 aliphatic heterocycles. The average Bonchev–Trinajstić information content (AvgIpc) is 2.96. The van der Waals surface area contributed by atoms with Gasteiger partial charge >= 0.3 is 0 Å². The van der Waals surface area contributed by atoms with E-state index in [0.717, 1.165) is 28.5 Å². The Morgan fingerprint density at radius 1 is 1.00 bits per heavy atom. The summed E-state index contributed by atoms with van der Waals surface area (Å²) >= 11 is 1.12. The number of hydrogen-bond donors (Lipinski definition) is 1. The van der Waals surface area contributed by atoms with Crippen molar-refractivity contribution in [3.8, 4) is 40.0 Å². The Bertz CT molecular complexity index is 1630. The minimum Gasteiger partial charge on any atom is -0.493 e. The SMILES string of the molecule is COc1ccc(-c2cc(-c3ccc(C)cc3)nc(SCC(=O)Nc3ccc(C)c([N+](=O)[O-])c3)c2C#N)cc1OC. The van der Waals surface area contributed by atoms with Crippen LogP contribution in [0.15, 0.2) is 71.8 Å². The van der Waals surface area contributed by atoms with E-state index < -0.39 is 4.92 Å². The average molecular weight is 555 g/mol. The van der Waals surface area contributed by atoms with Crippen molar-refractivity contribution >= 4 is 29.0 Å². The maximum absolute atomic E-state index is 12.8. The summed E-state index contributed by atoms with van der Waals surface area (Å²) in [5.74, 6) is 0.618. The van der Waals surface area contributed by atoms with Gasteiger partial charge in [0.15, 0.2) is 11.5 Å². The number of nitriles is 1. The number of carbonyl (C=O) groups is 1. The molecule has 0 atom stereocenters. The van der Waals surface area contributed by atoms with E-state index in [4.69, 9.17) is 14.5 Å². The third-order valence-corrected chi connectivity index (χ3v) is 7.14. The molecule has 0 aliphatic carbocycles. The Labute approximate surface area is 235 Å². The number of nitro groups is 1. The summed E-state index contributed by atoms with van der Waals surface area (Å²) < 4.78 is 10.8. The number of nitro benzene ring substituents is 1. The molecule has 0 fully saturated rings. The first-order valence-corrected chi connectivity index (χ1v) is 13.1. The maximum Gasteiger partial charge on any atom is 0.274 e. The molecule has 1 aromatic heterocycles. The number of benzene rings is 3. The van der Waals surface area contributed by atoms with Crippen LogP contribution in [0, 0.1) is 35.3 Å². The number of thioether (sulfide) groups is 1. The van der Waals surface area contributed by atoms with Crippen LogP contribution in [0.5, 0.6) is 11.5 Å². The van der Waals surface area contributed by atoms with E-state index in [1.54, 1.807) is 45.4 Å². The van der Waals surface area contributed by atoms with Gasteiger partial charge in [0.25, 0.3) is 5.69 Å². The standard InChI is InChI=1S/C30H26N4O5S/c1-18-5-8-20(9-6-18)25-15-23(21-10-12-27(38-3)28(13-21)39-4)24(16-31)30(33-25)40-17-29(35)32-22-11-7-19(2)26(14-22)34(36)37/h5-15H,17H2,1-4H3,(H,32,35). The summed E-state index contributed by atoms with van der Waals surface area (Å²) in [6.07, 6.45) is 0. The molecule has 4 aromatic rings. The van der Waals surface area contributed by atoms with E-state index in [1.807, 2.05) is 43.3 Å². The summed E-state index contributed by atoms with van der Waals surface area (Å²) in [6.45, 7) is 3.62. The van der Waals surface area contributed by atoms with Crippen LogP contribution >= 0.6 is 11.8 Å². The molecule has 0 radical (unpaired) electrons. The van der Waals surface area contributed by atoms with Gasteiger partial charge in [0, 0.05) is 28.4 Å². The Morgan fingerprint density at radius 2 is 1.70 bits per heavy atom. The maximum atomic E-state index is 12.8. The number of aryl methyl sites for hydroxylation is 2. The predicted octanol–water partition coefficient (Wildman–Crippen LogP) is 6.56. The van der Waals surface area contributed by atoms with E-state index in [0.29, 0.717) is 44.6 Å². The van der Waals surface area contributed by atoms with Gasteiger partial charge in [0.1, 0.15) is 11.1 Å². The molecule has 10 heteroatoms. The number of ether oxygens (including phenoxy) is 2. The summed E-state index contributed by atoms with van der Waals surface area (Å²) in [4.78, 5) is 28.3. The number of amides is 1. The minimum atomic E-state index is -0.491. The third kappa shape index (κ3) is 6.22. The Morgan fingerprint density at radius 3 is 2.35 bits per heavy atom. The second-order valence-electron chi connectivity index (χ2n) is 8.88. The largest absolute Gasteiger partial charge is 0.493 e. The first-order valence-electron chi connectivity index (χ1n) is 12.2. The highest BCUT2D eigenvalue weighted by Crippen LogP contribution is 2.38. The zero-order valence-electron chi connectivity index (χ0n) is 22.3. The van der Waals surface area contributed by atoms with Gasteiger partial charge in [0.05, 0.1) is 36.2 Å². The molecule has 40 heavy (non-hydrogen) atoms. The van der Waals surface area contributed by atoms with Gasteiger partial charge in [-0.05, 0) is 43.7 Å². The van der Waals surface area contributed by atoms with Gasteiger partial charge in [-0.15, -0.1) is 0 Å². The van der Waals surface area contributed by atoms with Crippen LogP contribution in [0.1, 0.15) is 16.7 Å². The molecule has 0 saturated carbocycles. The fraction of sp³-hybridized carbons (Fsp3) is 0.167. The molecule has 0 aliphatic rings. The van der Waals surface area contributed by atoms with Crippen LogP contribution in [-0.2, 0) is 4.79 Å². The smallest absolute Gasteiger partial charge is 0.274 e. The number of nitrogens with one attached hydrogen (secondary N) is 1. The number of rotatable bonds is 9. The second-order valence-corrected chi connectivity index (χ2v) is 9.84. The van der Waals surface area contributed by atoms with Gasteiger partial charge in [-0.3, -0.25) is 14.9 Å². The predicted molar refractivity (Wildman–Crippen MR) is 155 cm³/mol. The molecular weight excluding hydrogens is 528 g/mol. The number of hydrogen-bond acceptors (Lipinski definition) is 8. The highest BCUT2D eigenvalue weighted by atomic mass is 32.2. The Balaban J connectivity index is 1.71. The van der Waals surface area contributed by atoms with Crippen molar-refractivity contribution in [2.75, 3.05) is 25.3 Å². The monoisotopic (exact) mass is 554 g/mol. The van der Waals surface area contributed by atoms with Crippen molar-refractivity contribution in [3.63, 3.8) is 0 Å². The van der Waals surface area contributed by atoms with Gasteiger partial charge < -0.3 is 14.8 Å². The molecule has 4 rings (SSSR count). The molecule has 1 amide bonds. The van der Waals surface area contributed by atoms with Gasteiger partial charge in [-0.1, -0.05) is 53.7 Å². The highest BCUT2D eigenvalue weighted by Gasteiger charge is 2.19. The van der Waals surface area contributed by atoms with Crippen LogP contribution in [0.3, 0.4) is 0 Å². The minimum absolute atomic E-state index is 0.0634. The van der Waals surface area contributed by atoms with Crippen molar-refractivity contribution in [1.29, 1.82) is 5.26 Å². The zero-order valence-corrected chi connectivity index (χ0v) is 23.2. The number of methoxy groups -OCH3 is 2. The molecule has 0 spiro atoms. The Hall–Kier alpha value is -4.88. The van der Waals surface area contributed by atoms with Crippen molar-refractivity contribution < 1.29 is 19.2 Å². The molecule has 1 N–H and O–H groups in total. The van der Waals surface area contributed by atoms with Crippen LogP contribution in [0.25, 0.3) is 22.4 Å². The van der Waals surface area contributed by atoms with E-state index in [9.17, 15) is 20.2 Å². The Kier molecular flexibility index (Phi) is 8.67. The summed E-state index contributed by atoms with van der Waals surface area (Å²) in [5.41, 5.74) is 4.99. The van der Waals surface area contributed by atoms with E-state index >= 15 is 0 Å². The summed E-state index contributed by atoms with van der Waals surface area (Å²) in [6, 6.07) is 21.9. The van der Waals surface area contributed by atoms with E-state index in [1.165, 1.54) is 6.07 Å². The van der Waals surface area contributed by atoms with Crippen LogP contribution in [0.2, 0.25) is 0 Å². The number of anilines is 1. The van der Waals surface area contributed by atoms with Gasteiger partial charge in [-0.25, -0.2) is 4.98 Å². The van der Waals surface area contributed by atoms with Gasteiger partial charge in [-0.2, -0.15) is 5.26 Å². The first-order chi connectivity index (χ1) is 19.2. The molecule has 0 saturated heterocycles. The van der Waals surface area contributed by atoms with Gasteiger partial charge in [0.2, 0.25) is 5.91 Å².